The number of hydrogen-bond acceptors (Lipinski definition) is 6. The summed E-state index contributed by atoms with van der Waals surface area (Å²) in [5, 5.41) is 18.2. The van der Waals surface area contributed by atoms with Gasteiger partial charge >= 0.3 is 12.3 Å². The van der Waals surface area contributed by atoms with Crippen LogP contribution in [0.15, 0.2) is 36.7 Å². The minimum atomic E-state index is -2.12. The van der Waals surface area contributed by atoms with E-state index in [0.717, 1.165) is 29.9 Å². The first-order chi connectivity index (χ1) is 16.4. The van der Waals surface area contributed by atoms with Gasteiger partial charge in [-0.25, -0.2) is 13.5 Å². The molecule has 178 valence electrons. The van der Waals surface area contributed by atoms with Crippen LogP contribution in [-0.2, 0) is 58.4 Å². The summed E-state index contributed by atoms with van der Waals surface area (Å²) in [6, 6.07) is 7.35. The van der Waals surface area contributed by atoms with Gasteiger partial charge in [-0.15, -0.1) is 4.68 Å². The largest absolute Gasteiger partial charge is 0.478 e. The van der Waals surface area contributed by atoms with Crippen LogP contribution < -0.4 is 14.1 Å². The van der Waals surface area contributed by atoms with Crippen LogP contribution in [0.1, 0.15) is 23.2 Å². The number of carboxylic acids is 1. The van der Waals surface area contributed by atoms with Crippen molar-refractivity contribution in [2.45, 2.75) is 39.1 Å². The van der Waals surface area contributed by atoms with Gasteiger partial charge in [0.2, 0.25) is 17.9 Å². The normalized spacial score (nSPS) is 20.9. The summed E-state index contributed by atoms with van der Waals surface area (Å²) in [5.41, 5.74) is 3.50. The number of aromatic nitrogens is 6. The van der Waals surface area contributed by atoms with Crippen molar-refractivity contribution in [1.82, 2.24) is 19.8 Å². The highest BCUT2D eigenvalue weighted by atomic mass is 32.2. The third kappa shape index (κ3) is 4.04. The van der Waals surface area contributed by atoms with Gasteiger partial charge in [-0.3, -0.25) is 14.1 Å². The number of anilines is 1. The maximum atomic E-state index is 11.2. The van der Waals surface area contributed by atoms with Crippen LogP contribution in [-0.4, -0.2) is 57.1 Å². The van der Waals surface area contributed by atoms with E-state index in [-0.39, 0.29) is 19.6 Å². The number of benzene rings is 1. The Morgan fingerprint density at radius 1 is 1.21 bits per heavy atom. The lowest BCUT2D eigenvalue weighted by Crippen LogP contribution is -2.50. The van der Waals surface area contributed by atoms with E-state index in [4.69, 9.17) is 14.4 Å². The van der Waals surface area contributed by atoms with E-state index in [1.165, 1.54) is 4.68 Å². The number of quaternary nitrogens is 1. The molecule has 14 nitrogen and oxygen atoms in total. The van der Waals surface area contributed by atoms with Gasteiger partial charge in [0.25, 0.3) is 24.5 Å². The molecule has 2 aliphatic heterocycles. The molecular formula is C19H23N8O6S+3. The zero-order valence-corrected chi connectivity index (χ0v) is 18.7. The molecule has 0 saturated carbocycles. The fourth-order valence-corrected chi connectivity index (χ4v) is 5.11. The number of aliphatic carboxylic acids is 1. The van der Waals surface area contributed by atoms with Gasteiger partial charge < -0.3 is 9.84 Å². The van der Waals surface area contributed by atoms with Crippen LogP contribution >= 0.6 is 0 Å². The average molecular weight is 492 g/mol. The number of carbonyl (C=O) groups excluding carboxylic acids is 1. The van der Waals surface area contributed by atoms with E-state index in [2.05, 4.69) is 15.1 Å². The molecule has 15 heteroatoms. The molecule has 0 saturated heterocycles. The Labute approximate surface area is 195 Å². The minimum absolute atomic E-state index is 0.000210. The highest BCUT2D eigenvalue weighted by Gasteiger charge is 2.63. The van der Waals surface area contributed by atoms with Crippen LogP contribution in [0.4, 0.5) is 5.69 Å². The van der Waals surface area contributed by atoms with E-state index in [0.29, 0.717) is 29.7 Å². The van der Waals surface area contributed by atoms with Crippen molar-refractivity contribution in [3.63, 3.8) is 0 Å². The van der Waals surface area contributed by atoms with Crippen LogP contribution in [0.5, 0.6) is 0 Å². The van der Waals surface area contributed by atoms with Crippen molar-refractivity contribution in [3.05, 3.63) is 53.6 Å². The lowest BCUT2D eigenvalue weighted by Gasteiger charge is -2.28. The fourth-order valence-electron chi connectivity index (χ4n) is 4.78. The maximum Gasteiger partial charge on any atom is 0.419 e. The molecule has 0 spiro atoms. The molecule has 1 aromatic carbocycles. The van der Waals surface area contributed by atoms with E-state index >= 15 is 0 Å². The van der Waals surface area contributed by atoms with Crippen molar-refractivity contribution >= 4 is 29.4 Å². The van der Waals surface area contributed by atoms with Crippen LogP contribution in [0.25, 0.3) is 0 Å². The summed E-state index contributed by atoms with van der Waals surface area (Å²) in [5.74, 6) is -0.972. The summed E-state index contributed by atoms with van der Waals surface area (Å²) in [6.45, 7) is 2.23. The molecule has 0 amide bonds. The molecule has 3 aromatic rings. The maximum absolute atomic E-state index is 11.2. The number of hydrogen-bond donors (Lipinski definition) is 3. The number of ether oxygens (including phenoxy) is 1. The first kappa shape index (κ1) is 22.1. The number of carboxylic acid groups (broad SMARTS) is 1. The molecular weight excluding hydrogens is 468 g/mol. The Morgan fingerprint density at radius 2 is 1.85 bits per heavy atom. The van der Waals surface area contributed by atoms with Gasteiger partial charge in [-0.2, -0.15) is 0 Å². The second-order valence-electron chi connectivity index (χ2n) is 8.33. The highest BCUT2D eigenvalue weighted by Crippen LogP contribution is 2.42. The molecule has 2 unspecified atom stereocenters. The Morgan fingerprint density at radius 3 is 2.47 bits per heavy atom. The van der Waals surface area contributed by atoms with Gasteiger partial charge in [0.1, 0.15) is 10.4 Å². The van der Waals surface area contributed by atoms with Gasteiger partial charge in [0.05, 0.1) is 6.54 Å². The second-order valence-corrected chi connectivity index (χ2v) is 9.04. The van der Waals surface area contributed by atoms with Crippen molar-refractivity contribution in [2.24, 2.45) is 0 Å². The fraction of sp³-hybridized carbons (Fsp3) is 0.368. The SMILES string of the molecule is O=COC[n+]1cc2n(n1)[C@H]1n3n[n+](CC(=O)O)cc3C[N+]1(CCc1ccc(NS(=O)O)cc1)C2. The van der Waals surface area contributed by atoms with Crippen molar-refractivity contribution in [2.75, 3.05) is 11.3 Å². The van der Waals surface area contributed by atoms with Gasteiger partial charge in [-0.1, -0.05) is 16.8 Å². The molecule has 0 radical (unpaired) electrons. The lowest BCUT2D eigenvalue weighted by molar-refractivity contribution is -0.979. The van der Waals surface area contributed by atoms with E-state index in [1.807, 2.05) is 27.7 Å². The Balaban J connectivity index is 1.41. The highest BCUT2D eigenvalue weighted by molar-refractivity contribution is 7.80. The predicted octanol–water partition coefficient (Wildman–Crippen LogP) is -1.49. The molecule has 34 heavy (non-hydrogen) atoms. The standard InChI is InChI=1S/C19H21N8O6S/c28-13-33-12-24-8-17-11-27(6-5-14-1-3-15(4-2-14)20-34(31)32)10-16-7-23(9-18(29)30)21-25(16)19(27)26(17)22-24/h1-4,7-8,13,19-20H,5-6,9-12H2/q+1/p+2/t19-,27?/m1/s1. The predicted molar refractivity (Wildman–Crippen MR) is 111 cm³/mol. The molecule has 5 rings (SSSR count). The zero-order chi connectivity index (χ0) is 23.9. The topological polar surface area (TPSA) is 156 Å². The first-order valence-electron chi connectivity index (χ1n) is 10.4. The van der Waals surface area contributed by atoms with Gasteiger partial charge in [0.15, 0.2) is 25.5 Å². The number of rotatable bonds is 10. The molecule has 0 bridgehead atoms. The third-order valence-corrected chi connectivity index (χ3v) is 6.48. The molecule has 3 N–H and O–H groups in total. The Bertz CT molecular complexity index is 1270. The Kier molecular flexibility index (Phi) is 5.59. The van der Waals surface area contributed by atoms with Crippen LogP contribution in [0.2, 0.25) is 0 Å². The molecule has 0 fully saturated rings. The average Bonchev–Trinajstić information content (AvgIpc) is 3.47. The first-order valence-corrected chi connectivity index (χ1v) is 11.5. The quantitative estimate of drug-likeness (QED) is 0.134. The summed E-state index contributed by atoms with van der Waals surface area (Å²) >= 11 is -2.12. The smallest absolute Gasteiger partial charge is 0.419 e. The number of carbonyl (C=O) groups is 2. The number of fused-ring (bicyclic) bond motifs is 5. The summed E-state index contributed by atoms with van der Waals surface area (Å²) in [7, 11) is 0. The monoisotopic (exact) mass is 491 g/mol. The molecule has 2 aliphatic rings. The number of nitrogens with zero attached hydrogens (tertiary/aromatic N) is 7. The van der Waals surface area contributed by atoms with Crippen LogP contribution in [0, 0.1) is 0 Å². The molecule has 0 aliphatic carbocycles. The van der Waals surface area contributed by atoms with Gasteiger partial charge in [-0.05, 0) is 27.1 Å². The second kappa shape index (κ2) is 8.58. The zero-order valence-electron chi connectivity index (χ0n) is 17.9. The summed E-state index contributed by atoms with van der Waals surface area (Å²) in [4.78, 5) is 21.7. The molecule has 2 aromatic heterocycles. The van der Waals surface area contributed by atoms with E-state index in [9.17, 15) is 13.8 Å². The van der Waals surface area contributed by atoms with Gasteiger partial charge in [0, 0.05) is 12.1 Å². The molecule has 3 atom stereocenters. The summed E-state index contributed by atoms with van der Waals surface area (Å²) in [6.07, 6.45) is 4.05. The minimum Gasteiger partial charge on any atom is -0.478 e. The van der Waals surface area contributed by atoms with E-state index in [1.54, 1.807) is 23.0 Å². The third-order valence-electron chi connectivity index (χ3n) is 6.07. The van der Waals surface area contributed by atoms with Crippen molar-refractivity contribution in [1.29, 1.82) is 0 Å². The van der Waals surface area contributed by atoms with E-state index < -0.39 is 17.2 Å². The Hall–Kier alpha value is -3.69. The molecule has 4 heterocycles. The summed E-state index contributed by atoms with van der Waals surface area (Å²) < 4.78 is 34.4. The lowest BCUT2D eigenvalue weighted by atomic mass is 10.1. The van der Waals surface area contributed by atoms with Crippen molar-refractivity contribution < 1.29 is 42.0 Å². The van der Waals surface area contributed by atoms with Crippen molar-refractivity contribution in [3.8, 4) is 0 Å². The number of nitrogens with one attached hydrogen (secondary N) is 1. The van der Waals surface area contributed by atoms with Crippen LogP contribution in [0.3, 0.4) is 0 Å².